The van der Waals surface area contributed by atoms with Gasteiger partial charge < -0.3 is 4.90 Å². The Morgan fingerprint density at radius 3 is 2.43 bits per heavy atom. The minimum absolute atomic E-state index is 0.0144. The summed E-state index contributed by atoms with van der Waals surface area (Å²) >= 11 is 5.87. The smallest absolute Gasteiger partial charge is 0.264 e. The Balaban J connectivity index is 2.49. The van der Waals surface area contributed by atoms with Crippen molar-refractivity contribution in [1.29, 1.82) is 0 Å². The highest BCUT2D eigenvalue weighted by molar-refractivity contribution is 7.92. The van der Waals surface area contributed by atoms with Crippen LogP contribution in [-0.2, 0) is 10.0 Å². The number of nitrogens with one attached hydrogen (secondary N) is 1. The number of anilines is 1. The van der Waals surface area contributed by atoms with Crippen molar-refractivity contribution in [3.05, 3.63) is 58.9 Å². The summed E-state index contributed by atoms with van der Waals surface area (Å²) in [5, 5.41) is 0.242. The molecule has 0 radical (unpaired) electrons. The van der Waals surface area contributed by atoms with Crippen molar-refractivity contribution in [2.24, 2.45) is 0 Å². The molecule has 0 aromatic heterocycles. The molecule has 2 rings (SSSR count). The van der Waals surface area contributed by atoms with Crippen molar-refractivity contribution in [2.45, 2.75) is 4.90 Å². The Hall–Kier alpha value is -2.12. The average molecular weight is 357 g/mol. The van der Waals surface area contributed by atoms with Crippen LogP contribution in [0.2, 0.25) is 5.02 Å². The third kappa shape index (κ3) is 3.80. The molecule has 5 nitrogen and oxygen atoms in total. The summed E-state index contributed by atoms with van der Waals surface area (Å²) in [6, 6.07) is 9.14. The molecule has 1 amide bonds. The van der Waals surface area contributed by atoms with Gasteiger partial charge in [0, 0.05) is 19.1 Å². The summed E-state index contributed by atoms with van der Waals surface area (Å²) in [4.78, 5) is 12.9. The van der Waals surface area contributed by atoms with Crippen molar-refractivity contribution < 1.29 is 17.6 Å². The first-order valence-corrected chi connectivity index (χ1v) is 8.37. The molecule has 8 heteroatoms. The first kappa shape index (κ1) is 17.2. The summed E-state index contributed by atoms with van der Waals surface area (Å²) in [6.07, 6.45) is 0. The predicted molar refractivity (Wildman–Crippen MR) is 86.7 cm³/mol. The van der Waals surface area contributed by atoms with E-state index in [0.717, 1.165) is 12.1 Å². The van der Waals surface area contributed by atoms with Crippen molar-refractivity contribution in [3.63, 3.8) is 0 Å². The number of benzene rings is 2. The lowest BCUT2D eigenvalue weighted by Gasteiger charge is -2.16. The molecule has 0 aliphatic heterocycles. The Kier molecular flexibility index (Phi) is 4.91. The van der Waals surface area contributed by atoms with Gasteiger partial charge in [0.05, 0.1) is 11.3 Å². The molecular formula is C15H14ClFN2O3S. The molecule has 1 N–H and O–H groups in total. The predicted octanol–water partition coefficient (Wildman–Crippen LogP) is 2.98. The van der Waals surface area contributed by atoms with E-state index in [1.54, 1.807) is 0 Å². The van der Waals surface area contributed by atoms with Crippen molar-refractivity contribution in [1.82, 2.24) is 4.90 Å². The Labute approximate surface area is 138 Å². The maximum Gasteiger partial charge on any atom is 0.264 e. The summed E-state index contributed by atoms with van der Waals surface area (Å²) < 4.78 is 40.7. The number of sulfonamides is 1. The number of hydrogen-bond acceptors (Lipinski definition) is 3. The van der Waals surface area contributed by atoms with Crippen LogP contribution in [0.15, 0.2) is 47.4 Å². The van der Waals surface area contributed by atoms with Gasteiger partial charge in [0.25, 0.3) is 15.9 Å². The maximum atomic E-state index is 13.7. The number of carbonyl (C=O) groups excluding carboxylic acids is 1. The average Bonchev–Trinajstić information content (AvgIpc) is 2.46. The summed E-state index contributed by atoms with van der Waals surface area (Å²) in [5.74, 6) is -1.30. The number of nitrogens with zero attached hydrogens (tertiary/aromatic N) is 1. The number of hydrogen-bond donors (Lipinski definition) is 1. The lowest BCUT2D eigenvalue weighted by Crippen LogP contribution is -2.24. The Bertz CT molecular complexity index is 854. The standard InChI is InChI=1S/C15H14ClFN2O3S/c1-19(2)15(20)11-8-7-10(16)9-13(11)18-23(21,22)14-6-4-3-5-12(14)17/h3-9,18H,1-2H3. The van der Waals surface area contributed by atoms with Gasteiger partial charge in [-0.1, -0.05) is 23.7 Å². The fourth-order valence-electron chi connectivity index (χ4n) is 1.89. The molecule has 23 heavy (non-hydrogen) atoms. The molecule has 0 heterocycles. The molecule has 0 fully saturated rings. The summed E-state index contributed by atoms with van der Waals surface area (Å²) in [5.41, 5.74) is 0.0961. The van der Waals surface area contributed by atoms with Crippen LogP contribution in [0.1, 0.15) is 10.4 Å². The number of carbonyl (C=O) groups is 1. The molecular weight excluding hydrogens is 343 g/mol. The lowest BCUT2D eigenvalue weighted by molar-refractivity contribution is 0.0828. The van der Waals surface area contributed by atoms with Crippen LogP contribution in [0.25, 0.3) is 0 Å². The minimum atomic E-state index is -4.20. The Morgan fingerprint density at radius 2 is 1.83 bits per heavy atom. The van der Waals surface area contributed by atoms with Gasteiger partial charge in [-0.3, -0.25) is 9.52 Å². The van der Waals surface area contributed by atoms with E-state index in [2.05, 4.69) is 4.72 Å². The lowest BCUT2D eigenvalue weighted by atomic mass is 10.1. The van der Waals surface area contributed by atoms with E-state index in [9.17, 15) is 17.6 Å². The largest absolute Gasteiger partial charge is 0.345 e. The molecule has 0 atom stereocenters. The minimum Gasteiger partial charge on any atom is -0.345 e. The van der Waals surface area contributed by atoms with Crippen molar-refractivity contribution in [3.8, 4) is 0 Å². The number of amides is 1. The van der Waals surface area contributed by atoms with Crippen molar-refractivity contribution >= 4 is 33.2 Å². The normalized spacial score (nSPS) is 11.1. The van der Waals surface area contributed by atoms with Crippen molar-refractivity contribution in [2.75, 3.05) is 18.8 Å². The van der Waals surface area contributed by atoms with E-state index in [1.165, 1.54) is 49.3 Å². The highest BCUT2D eigenvalue weighted by atomic mass is 35.5. The quantitative estimate of drug-likeness (QED) is 0.915. The topological polar surface area (TPSA) is 66.5 Å². The van der Waals surface area contributed by atoms with E-state index in [-0.39, 0.29) is 16.3 Å². The summed E-state index contributed by atoms with van der Waals surface area (Å²) in [7, 11) is -1.13. The Morgan fingerprint density at radius 1 is 1.17 bits per heavy atom. The molecule has 0 bridgehead atoms. The van der Waals surface area contributed by atoms with E-state index in [4.69, 9.17) is 11.6 Å². The maximum absolute atomic E-state index is 13.7. The van der Waals surface area contributed by atoms with Gasteiger partial charge in [0.1, 0.15) is 10.7 Å². The first-order chi connectivity index (χ1) is 10.7. The van der Waals surface area contributed by atoms with Gasteiger partial charge in [-0.15, -0.1) is 0 Å². The van der Waals surface area contributed by atoms with Gasteiger partial charge >= 0.3 is 0 Å². The molecule has 0 spiro atoms. The number of halogens is 2. The monoisotopic (exact) mass is 356 g/mol. The second-order valence-corrected chi connectivity index (χ2v) is 7.01. The fraction of sp³-hybridized carbons (Fsp3) is 0.133. The van der Waals surface area contributed by atoms with Crippen LogP contribution in [0.3, 0.4) is 0 Å². The second-order valence-electron chi connectivity index (χ2n) is 4.93. The zero-order valence-corrected chi connectivity index (χ0v) is 14.0. The molecule has 122 valence electrons. The molecule has 2 aromatic carbocycles. The van der Waals surface area contributed by atoms with Gasteiger partial charge in [-0.2, -0.15) is 0 Å². The molecule has 0 aliphatic rings. The van der Waals surface area contributed by atoms with E-state index in [1.807, 2.05) is 0 Å². The second kappa shape index (κ2) is 6.55. The number of rotatable bonds is 4. The van der Waals surface area contributed by atoms with E-state index in [0.29, 0.717) is 0 Å². The van der Waals surface area contributed by atoms with Gasteiger partial charge in [-0.25, -0.2) is 12.8 Å². The van der Waals surface area contributed by atoms with Crippen LogP contribution in [0.5, 0.6) is 0 Å². The van der Waals surface area contributed by atoms with Gasteiger partial charge in [0.2, 0.25) is 0 Å². The van der Waals surface area contributed by atoms with E-state index < -0.39 is 26.6 Å². The van der Waals surface area contributed by atoms with Crippen LogP contribution in [0.4, 0.5) is 10.1 Å². The first-order valence-electron chi connectivity index (χ1n) is 6.51. The van der Waals surface area contributed by atoms with Gasteiger partial charge in [0.15, 0.2) is 0 Å². The fourth-order valence-corrected chi connectivity index (χ4v) is 3.21. The molecule has 0 aliphatic carbocycles. The SMILES string of the molecule is CN(C)C(=O)c1ccc(Cl)cc1NS(=O)(=O)c1ccccc1F. The zero-order valence-electron chi connectivity index (χ0n) is 12.4. The molecule has 0 unspecified atom stereocenters. The van der Waals surface area contributed by atoms with Gasteiger partial charge in [-0.05, 0) is 30.3 Å². The van der Waals surface area contributed by atoms with Crippen LogP contribution >= 0.6 is 11.6 Å². The molecule has 2 aromatic rings. The zero-order chi connectivity index (χ0) is 17.2. The van der Waals surface area contributed by atoms with Crippen LogP contribution in [-0.4, -0.2) is 33.3 Å². The highest BCUT2D eigenvalue weighted by Crippen LogP contribution is 2.25. The van der Waals surface area contributed by atoms with Crippen LogP contribution < -0.4 is 4.72 Å². The van der Waals surface area contributed by atoms with Crippen LogP contribution in [0, 0.1) is 5.82 Å². The van der Waals surface area contributed by atoms with E-state index >= 15 is 0 Å². The highest BCUT2D eigenvalue weighted by Gasteiger charge is 2.22. The third-order valence-corrected chi connectivity index (χ3v) is 4.62. The molecule has 0 saturated heterocycles. The molecule has 0 saturated carbocycles. The third-order valence-electron chi connectivity index (χ3n) is 2.99. The summed E-state index contributed by atoms with van der Waals surface area (Å²) in [6.45, 7) is 0.